The van der Waals surface area contributed by atoms with Crippen molar-refractivity contribution in [2.24, 2.45) is 10.2 Å². The molecule has 3 aromatic rings. The van der Waals surface area contributed by atoms with Crippen molar-refractivity contribution in [2.45, 2.75) is 6.92 Å². The Hall–Kier alpha value is -3.60. The molecule has 0 aliphatic carbocycles. The molecule has 2 aromatic heterocycles. The van der Waals surface area contributed by atoms with E-state index in [2.05, 4.69) is 15.2 Å². The number of hydrogen-bond donors (Lipinski definition) is 0. The van der Waals surface area contributed by atoms with E-state index in [-0.39, 0.29) is 18.1 Å². The molecule has 0 saturated heterocycles. The summed E-state index contributed by atoms with van der Waals surface area (Å²) in [5, 5.41) is 17.1. The number of carbonyl (C=O) groups is 1. The van der Waals surface area contributed by atoms with Gasteiger partial charge >= 0.3 is 5.97 Å². The molecule has 1 aromatic carbocycles. The Labute approximate surface area is 142 Å². The van der Waals surface area contributed by atoms with E-state index in [0.29, 0.717) is 16.9 Å². The summed E-state index contributed by atoms with van der Waals surface area (Å²) in [6.45, 7) is 1.83. The number of benzene rings is 1. The minimum absolute atomic E-state index is 0.0284. The number of carbonyl (C=O) groups excluding carboxylic acids is 1. The highest BCUT2D eigenvalue weighted by atomic mass is 19.1. The summed E-state index contributed by atoms with van der Waals surface area (Å²) >= 11 is 0. The Morgan fingerprint density at radius 3 is 2.88 bits per heavy atom. The molecular weight excluding hydrogens is 325 g/mol. The lowest BCUT2D eigenvalue weighted by Gasteiger charge is -2.00. The van der Waals surface area contributed by atoms with Crippen LogP contribution in [0.4, 0.5) is 15.9 Å². The second-order valence-electron chi connectivity index (χ2n) is 4.91. The minimum Gasteiger partial charge on any atom is -0.461 e. The number of esters is 1. The number of imidazole rings is 1. The van der Waals surface area contributed by atoms with Gasteiger partial charge in [0.2, 0.25) is 0 Å². The standard InChI is InChI=1S/C17H12FN5O2/c1-2-25-17(24)15-16(23-10-12(18)7-8-14(23)20-15)22-21-13-6-4-3-5-11(13)9-19/h3-8,10H,2H2,1H3. The third-order valence-electron chi connectivity index (χ3n) is 3.30. The van der Waals surface area contributed by atoms with Gasteiger partial charge in [-0.1, -0.05) is 12.1 Å². The predicted octanol–water partition coefficient (Wildman–Crippen LogP) is 3.94. The average Bonchev–Trinajstić information content (AvgIpc) is 2.98. The van der Waals surface area contributed by atoms with Crippen molar-refractivity contribution in [3.05, 3.63) is 59.7 Å². The molecule has 3 rings (SSSR count). The summed E-state index contributed by atoms with van der Waals surface area (Å²) in [5.74, 6) is -1.18. The maximum atomic E-state index is 13.6. The van der Waals surface area contributed by atoms with Gasteiger partial charge in [0.05, 0.1) is 12.2 Å². The van der Waals surface area contributed by atoms with Crippen molar-refractivity contribution in [1.29, 1.82) is 5.26 Å². The van der Waals surface area contributed by atoms with Crippen LogP contribution in [0.2, 0.25) is 0 Å². The molecular formula is C17H12FN5O2. The van der Waals surface area contributed by atoms with Crippen LogP contribution in [0.15, 0.2) is 52.8 Å². The Bertz CT molecular complexity index is 1020. The molecule has 0 amide bonds. The van der Waals surface area contributed by atoms with Gasteiger partial charge in [-0.25, -0.2) is 14.2 Å². The number of nitrogens with zero attached hydrogens (tertiary/aromatic N) is 5. The second-order valence-corrected chi connectivity index (χ2v) is 4.91. The zero-order chi connectivity index (χ0) is 17.8. The quantitative estimate of drug-likeness (QED) is 0.532. The fraction of sp³-hybridized carbons (Fsp3) is 0.118. The Balaban J connectivity index is 2.14. The summed E-state index contributed by atoms with van der Waals surface area (Å²) in [5.41, 5.74) is 0.896. The summed E-state index contributed by atoms with van der Waals surface area (Å²) < 4.78 is 19.8. The van der Waals surface area contributed by atoms with Crippen LogP contribution in [0.5, 0.6) is 0 Å². The zero-order valence-corrected chi connectivity index (χ0v) is 13.2. The molecule has 0 N–H and O–H groups in total. The van der Waals surface area contributed by atoms with Crippen LogP contribution >= 0.6 is 0 Å². The lowest BCUT2D eigenvalue weighted by Crippen LogP contribution is -2.05. The van der Waals surface area contributed by atoms with E-state index in [9.17, 15) is 9.18 Å². The highest BCUT2D eigenvalue weighted by Crippen LogP contribution is 2.26. The number of azo groups is 1. The highest BCUT2D eigenvalue weighted by molar-refractivity contribution is 5.93. The third-order valence-corrected chi connectivity index (χ3v) is 3.30. The molecule has 0 unspecified atom stereocenters. The lowest BCUT2D eigenvalue weighted by molar-refractivity contribution is 0.0521. The molecule has 0 bridgehead atoms. The molecule has 7 nitrogen and oxygen atoms in total. The normalized spacial score (nSPS) is 10.9. The number of ether oxygens (including phenoxy) is 1. The number of nitriles is 1. The lowest BCUT2D eigenvalue weighted by atomic mass is 10.2. The molecule has 0 atom stereocenters. The summed E-state index contributed by atoms with van der Waals surface area (Å²) in [6, 6.07) is 11.2. The number of pyridine rings is 1. The molecule has 8 heteroatoms. The van der Waals surface area contributed by atoms with Gasteiger partial charge in [-0.3, -0.25) is 4.40 Å². The van der Waals surface area contributed by atoms with Crippen LogP contribution in [0.1, 0.15) is 23.0 Å². The molecule has 0 saturated carbocycles. The number of aromatic nitrogens is 2. The molecule has 0 fully saturated rings. The molecule has 124 valence electrons. The van der Waals surface area contributed by atoms with Crippen molar-refractivity contribution >= 4 is 23.1 Å². The van der Waals surface area contributed by atoms with E-state index >= 15 is 0 Å². The summed E-state index contributed by atoms with van der Waals surface area (Å²) in [4.78, 5) is 16.2. The smallest absolute Gasteiger partial charge is 0.360 e. The van der Waals surface area contributed by atoms with Crippen molar-refractivity contribution in [3.63, 3.8) is 0 Å². The number of rotatable bonds is 4. The van der Waals surface area contributed by atoms with Crippen molar-refractivity contribution < 1.29 is 13.9 Å². The average molecular weight is 337 g/mol. The van der Waals surface area contributed by atoms with Crippen LogP contribution in [-0.2, 0) is 4.74 Å². The van der Waals surface area contributed by atoms with Crippen LogP contribution < -0.4 is 0 Å². The van der Waals surface area contributed by atoms with Crippen LogP contribution in [-0.4, -0.2) is 22.0 Å². The van der Waals surface area contributed by atoms with Crippen LogP contribution in [0.25, 0.3) is 5.65 Å². The molecule has 0 spiro atoms. The molecule has 0 radical (unpaired) electrons. The largest absolute Gasteiger partial charge is 0.461 e. The third kappa shape index (κ3) is 3.21. The Kier molecular flexibility index (Phi) is 4.48. The number of halogens is 1. The molecule has 0 aliphatic rings. The predicted molar refractivity (Wildman–Crippen MR) is 86.4 cm³/mol. The first kappa shape index (κ1) is 16.3. The van der Waals surface area contributed by atoms with Gasteiger partial charge < -0.3 is 4.74 Å². The van der Waals surface area contributed by atoms with E-state index in [1.54, 1.807) is 31.2 Å². The highest BCUT2D eigenvalue weighted by Gasteiger charge is 2.20. The monoisotopic (exact) mass is 337 g/mol. The van der Waals surface area contributed by atoms with E-state index in [4.69, 9.17) is 10.00 Å². The first-order valence-electron chi connectivity index (χ1n) is 7.39. The van der Waals surface area contributed by atoms with E-state index < -0.39 is 11.8 Å². The van der Waals surface area contributed by atoms with Crippen molar-refractivity contribution in [1.82, 2.24) is 9.38 Å². The summed E-state index contributed by atoms with van der Waals surface area (Å²) in [6.07, 6.45) is 1.15. The van der Waals surface area contributed by atoms with E-state index in [1.165, 1.54) is 16.5 Å². The maximum absolute atomic E-state index is 13.6. The zero-order valence-electron chi connectivity index (χ0n) is 13.2. The van der Waals surface area contributed by atoms with Gasteiger partial charge in [0.1, 0.15) is 23.2 Å². The van der Waals surface area contributed by atoms with Crippen molar-refractivity contribution in [3.8, 4) is 6.07 Å². The topological polar surface area (TPSA) is 92.1 Å². The second kappa shape index (κ2) is 6.88. The van der Waals surface area contributed by atoms with Gasteiger partial charge in [0.25, 0.3) is 0 Å². The molecule has 25 heavy (non-hydrogen) atoms. The van der Waals surface area contributed by atoms with E-state index in [0.717, 1.165) is 6.20 Å². The minimum atomic E-state index is -0.686. The maximum Gasteiger partial charge on any atom is 0.360 e. The number of hydrogen-bond acceptors (Lipinski definition) is 6. The SMILES string of the molecule is CCOC(=O)c1nc2ccc(F)cn2c1N=Nc1ccccc1C#N. The van der Waals surface area contributed by atoms with Crippen molar-refractivity contribution in [2.75, 3.05) is 6.61 Å². The first-order valence-corrected chi connectivity index (χ1v) is 7.39. The fourth-order valence-electron chi connectivity index (χ4n) is 2.19. The molecule has 2 heterocycles. The molecule has 0 aliphatic heterocycles. The van der Waals surface area contributed by atoms with Crippen LogP contribution in [0.3, 0.4) is 0 Å². The number of fused-ring (bicyclic) bond motifs is 1. The van der Waals surface area contributed by atoms with Gasteiger partial charge in [-0.05, 0) is 31.2 Å². The van der Waals surface area contributed by atoms with Crippen LogP contribution in [0, 0.1) is 17.1 Å². The Morgan fingerprint density at radius 1 is 1.32 bits per heavy atom. The first-order chi connectivity index (χ1) is 12.1. The van der Waals surface area contributed by atoms with Gasteiger partial charge in [0, 0.05) is 6.20 Å². The Morgan fingerprint density at radius 2 is 2.12 bits per heavy atom. The van der Waals surface area contributed by atoms with Gasteiger partial charge in [-0.15, -0.1) is 10.2 Å². The summed E-state index contributed by atoms with van der Waals surface area (Å²) in [7, 11) is 0. The van der Waals surface area contributed by atoms with Gasteiger partial charge in [0.15, 0.2) is 11.5 Å². The van der Waals surface area contributed by atoms with E-state index in [1.807, 2.05) is 6.07 Å². The fourth-order valence-corrected chi connectivity index (χ4v) is 2.19. The van der Waals surface area contributed by atoms with Gasteiger partial charge in [-0.2, -0.15) is 5.26 Å².